The topological polar surface area (TPSA) is 87.7 Å². The zero-order chi connectivity index (χ0) is 19.9. The zero-order valence-corrected chi connectivity index (χ0v) is 16.0. The van der Waals surface area contributed by atoms with Crippen LogP contribution < -0.4 is 10.6 Å². The Morgan fingerprint density at radius 2 is 1.82 bits per heavy atom. The molecule has 1 aliphatic heterocycles. The number of carbonyl (C=O) groups is 2. The van der Waals surface area contributed by atoms with Crippen molar-refractivity contribution in [3.8, 4) is 0 Å². The van der Waals surface area contributed by atoms with Crippen molar-refractivity contribution in [3.05, 3.63) is 35.6 Å². The van der Waals surface area contributed by atoms with Crippen LogP contribution in [-0.2, 0) is 9.53 Å². The van der Waals surface area contributed by atoms with Gasteiger partial charge in [-0.2, -0.15) is 0 Å². The van der Waals surface area contributed by atoms with Gasteiger partial charge < -0.3 is 20.5 Å². The number of rotatable bonds is 7. The van der Waals surface area contributed by atoms with Gasteiger partial charge in [0.05, 0.1) is 18.8 Å². The largest absolute Gasteiger partial charge is 0.394 e. The van der Waals surface area contributed by atoms with Crippen LogP contribution in [0.4, 0.5) is 4.39 Å². The molecular formula is C21H29FN2O4. The zero-order valence-electron chi connectivity index (χ0n) is 16.0. The van der Waals surface area contributed by atoms with Crippen LogP contribution >= 0.6 is 0 Å². The molecule has 0 spiro atoms. The molecule has 1 aliphatic carbocycles. The van der Waals surface area contributed by atoms with E-state index in [1.807, 2.05) is 0 Å². The molecule has 3 N–H and O–H groups in total. The number of carbonyl (C=O) groups excluding carboxylic acids is 2. The molecule has 1 saturated heterocycles. The molecule has 0 bridgehead atoms. The number of amides is 2. The molecule has 0 radical (unpaired) electrons. The third kappa shape index (κ3) is 5.52. The number of ether oxygens (including phenoxy) is 1. The van der Waals surface area contributed by atoms with E-state index in [4.69, 9.17) is 4.74 Å². The molecule has 3 atom stereocenters. The first-order valence-corrected chi connectivity index (χ1v) is 10.2. The molecule has 1 heterocycles. The van der Waals surface area contributed by atoms with Crippen molar-refractivity contribution in [1.29, 1.82) is 0 Å². The molecule has 3 rings (SSSR count). The van der Waals surface area contributed by atoms with Gasteiger partial charge in [-0.25, -0.2) is 4.39 Å². The van der Waals surface area contributed by atoms with Gasteiger partial charge in [-0.3, -0.25) is 9.59 Å². The monoisotopic (exact) mass is 392 g/mol. The first kappa shape index (κ1) is 20.7. The molecule has 1 aromatic carbocycles. The quantitative estimate of drug-likeness (QED) is 0.664. The van der Waals surface area contributed by atoms with Crippen molar-refractivity contribution in [3.63, 3.8) is 0 Å². The fourth-order valence-corrected chi connectivity index (χ4v) is 4.05. The smallest absolute Gasteiger partial charge is 0.251 e. The number of aliphatic hydroxyl groups excluding tert-OH is 1. The van der Waals surface area contributed by atoms with Crippen molar-refractivity contribution in [1.82, 2.24) is 10.6 Å². The van der Waals surface area contributed by atoms with Crippen LogP contribution in [0.1, 0.15) is 55.3 Å². The van der Waals surface area contributed by atoms with Gasteiger partial charge in [0.15, 0.2) is 0 Å². The summed E-state index contributed by atoms with van der Waals surface area (Å²) < 4.78 is 18.9. The Hall–Kier alpha value is -1.99. The van der Waals surface area contributed by atoms with E-state index in [2.05, 4.69) is 10.6 Å². The lowest BCUT2D eigenvalue weighted by Gasteiger charge is -2.36. The molecule has 1 saturated carbocycles. The molecule has 154 valence electrons. The maximum Gasteiger partial charge on any atom is 0.251 e. The molecular weight excluding hydrogens is 363 g/mol. The number of benzene rings is 1. The maximum atomic E-state index is 12.9. The highest BCUT2D eigenvalue weighted by Crippen LogP contribution is 2.26. The normalized spacial score (nSPS) is 25.4. The lowest BCUT2D eigenvalue weighted by molar-refractivity contribution is -0.131. The van der Waals surface area contributed by atoms with Gasteiger partial charge in [-0.05, 0) is 56.4 Å². The average molecular weight is 392 g/mol. The molecule has 1 aromatic rings. The standard InChI is InChI=1S/C21H29FN2O4/c22-16-7-5-15(6-8-16)20(26)23-12-11-17-9-10-18(19(13-25)28-17)24-21(27)14-3-1-2-4-14/h5-8,14,17-19,25H,1-4,9-13H2,(H,23,26)(H,24,27)/t17-,18+,19+/m1/s1. The van der Waals surface area contributed by atoms with Crippen LogP contribution in [0.15, 0.2) is 24.3 Å². The second kappa shape index (κ2) is 9.98. The predicted octanol–water partition coefficient (Wildman–Crippen LogP) is 2.16. The van der Waals surface area contributed by atoms with E-state index >= 15 is 0 Å². The highest BCUT2D eigenvalue weighted by Gasteiger charge is 2.33. The van der Waals surface area contributed by atoms with Gasteiger partial charge in [-0.1, -0.05) is 12.8 Å². The summed E-state index contributed by atoms with van der Waals surface area (Å²) in [6.07, 6.45) is 5.73. The molecule has 7 heteroatoms. The fraction of sp³-hybridized carbons (Fsp3) is 0.619. The van der Waals surface area contributed by atoms with Gasteiger partial charge in [0, 0.05) is 18.0 Å². The summed E-state index contributed by atoms with van der Waals surface area (Å²) in [4.78, 5) is 24.4. The molecule has 2 aliphatic rings. The summed E-state index contributed by atoms with van der Waals surface area (Å²) in [7, 11) is 0. The van der Waals surface area contributed by atoms with E-state index in [9.17, 15) is 19.1 Å². The number of halogens is 1. The minimum absolute atomic E-state index is 0.0783. The highest BCUT2D eigenvalue weighted by molar-refractivity contribution is 5.94. The van der Waals surface area contributed by atoms with E-state index in [-0.39, 0.29) is 42.3 Å². The third-order valence-electron chi connectivity index (χ3n) is 5.71. The van der Waals surface area contributed by atoms with E-state index < -0.39 is 6.10 Å². The summed E-state index contributed by atoms with van der Waals surface area (Å²) in [5.41, 5.74) is 0.411. The van der Waals surface area contributed by atoms with Gasteiger partial charge in [-0.15, -0.1) is 0 Å². The fourth-order valence-electron chi connectivity index (χ4n) is 4.05. The summed E-state index contributed by atoms with van der Waals surface area (Å²) in [5.74, 6) is -0.457. The van der Waals surface area contributed by atoms with Crippen LogP contribution in [0.25, 0.3) is 0 Å². The average Bonchev–Trinajstić information content (AvgIpc) is 3.24. The second-order valence-electron chi connectivity index (χ2n) is 7.70. The van der Waals surface area contributed by atoms with E-state index in [0.29, 0.717) is 18.5 Å². The Kier molecular flexibility index (Phi) is 7.39. The Balaban J connectivity index is 1.41. The first-order chi connectivity index (χ1) is 13.6. The summed E-state index contributed by atoms with van der Waals surface area (Å²) in [6, 6.07) is 5.24. The molecule has 0 aromatic heterocycles. The lowest BCUT2D eigenvalue weighted by atomic mass is 9.96. The van der Waals surface area contributed by atoms with Crippen LogP contribution in [0.3, 0.4) is 0 Å². The van der Waals surface area contributed by atoms with E-state index in [1.165, 1.54) is 24.3 Å². The number of aliphatic hydroxyl groups is 1. The Bertz CT molecular complexity index is 661. The minimum Gasteiger partial charge on any atom is -0.394 e. The lowest BCUT2D eigenvalue weighted by Crippen LogP contribution is -2.52. The van der Waals surface area contributed by atoms with E-state index in [1.54, 1.807) is 0 Å². The minimum atomic E-state index is -0.420. The Morgan fingerprint density at radius 1 is 1.11 bits per heavy atom. The van der Waals surface area contributed by atoms with Crippen LogP contribution in [0.5, 0.6) is 0 Å². The van der Waals surface area contributed by atoms with Gasteiger partial charge in [0.2, 0.25) is 5.91 Å². The van der Waals surface area contributed by atoms with Gasteiger partial charge in [0.25, 0.3) is 5.91 Å². The van der Waals surface area contributed by atoms with Crippen molar-refractivity contribution >= 4 is 11.8 Å². The van der Waals surface area contributed by atoms with Crippen LogP contribution in [-0.4, -0.2) is 48.3 Å². The Morgan fingerprint density at radius 3 is 2.50 bits per heavy atom. The van der Waals surface area contributed by atoms with E-state index in [0.717, 1.165) is 38.5 Å². The van der Waals surface area contributed by atoms with Crippen molar-refractivity contribution < 1.29 is 23.8 Å². The molecule has 6 nitrogen and oxygen atoms in total. The molecule has 28 heavy (non-hydrogen) atoms. The highest BCUT2D eigenvalue weighted by atomic mass is 19.1. The summed E-state index contributed by atoms with van der Waals surface area (Å²) in [5, 5.41) is 15.5. The maximum absolute atomic E-state index is 12.9. The van der Waals surface area contributed by atoms with Crippen LogP contribution in [0.2, 0.25) is 0 Å². The SMILES string of the molecule is O=C(NCC[C@H]1CC[C@H](NC(=O)C2CCCC2)[C@H](CO)O1)c1ccc(F)cc1. The summed E-state index contributed by atoms with van der Waals surface area (Å²) in [6.45, 7) is 0.284. The third-order valence-corrected chi connectivity index (χ3v) is 5.71. The molecule has 2 amide bonds. The predicted molar refractivity (Wildman–Crippen MR) is 102 cm³/mol. The van der Waals surface area contributed by atoms with Crippen molar-refractivity contribution in [2.45, 2.75) is 63.2 Å². The van der Waals surface area contributed by atoms with Crippen LogP contribution in [0, 0.1) is 11.7 Å². The van der Waals surface area contributed by atoms with Crippen molar-refractivity contribution in [2.24, 2.45) is 5.92 Å². The number of hydrogen-bond acceptors (Lipinski definition) is 4. The molecule has 2 fully saturated rings. The summed E-state index contributed by atoms with van der Waals surface area (Å²) >= 11 is 0. The second-order valence-corrected chi connectivity index (χ2v) is 7.70. The number of nitrogens with one attached hydrogen (secondary N) is 2. The number of hydrogen-bond donors (Lipinski definition) is 3. The Labute approximate surface area is 164 Å². The van der Waals surface area contributed by atoms with Gasteiger partial charge >= 0.3 is 0 Å². The first-order valence-electron chi connectivity index (χ1n) is 10.2. The van der Waals surface area contributed by atoms with Crippen molar-refractivity contribution in [2.75, 3.05) is 13.2 Å². The molecule has 0 unspecified atom stereocenters. The van der Waals surface area contributed by atoms with Gasteiger partial charge in [0.1, 0.15) is 11.9 Å².